The maximum atomic E-state index is 13.6. The summed E-state index contributed by atoms with van der Waals surface area (Å²) in [6.45, 7) is 1.36. The molecule has 6 nitrogen and oxygen atoms in total. The summed E-state index contributed by atoms with van der Waals surface area (Å²) < 4.78 is 21.1. The lowest BCUT2D eigenvalue weighted by Crippen LogP contribution is -2.60. The smallest absolute Gasteiger partial charge is 0.274 e. The van der Waals surface area contributed by atoms with E-state index in [2.05, 4.69) is 9.97 Å². The van der Waals surface area contributed by atoms with Crippen molar-refractivity contribution in [1.82, 2.24) is 19.4 Å². The lowest BCUT2D eigenvalue weighted by atomic mass is 9.92. The molecule has 2 aliphatic rings. The molecule has 2 aromatic rings. The molecule has 1 spiro atoms. The molecule has 0 N–H and O–H groups in total. The molecule has 24 heavy (non-hydrogen) atoms. The van der Waals surface area contributed by atoms with Crippen LogP contribution in [0.25, 0.3) is 0 Å². The van der Waals surface area contributed by atoms with Crippen LogP contribution >= 0.6 is 11.8 Å². The Labute approximate surface area is 143 Å². The molecular formula is C16H17FN4O2S. The third-order valence-electron chi connectivity index (χ3n) is 4.35. The molecule has 1 amide bonds. The van der Waals surface area contributed by atoms with Crippen LogP contribution in [0.1, 0.15) is 16.9 Å². The van der Waals surface area contributed by atoms with Crippen LogP contribution in [0.5, 0.6) is 5.88 Å². The third-order valence-corrected chi connectivity index (χ3v) is 5.92. The Hall–Kier alpha value is -2.09. The Morgan fingerprint density at radius 2 is 2.29 bits per heavy atom. The minimum Gasteiger partial charge on any atom is -0.471 e. The molecule has 4 heterocycles. The molecule has 0 aliphatic carbocycles. The molecular weight excluding hydrogens is 331 g/mol. The van der Waals surface area contributed by atoms with Gasteiger partial charge in [0.2, 0.25) is 0 Å². The summed E-state index contributed by atoms with van der Waals surface area (Å²) >= 11 is 1.79. The number of hydrogen-bond donors (Lipinski definition) is 0. The van der Waals surface area contributed by atoms with Gasteiger partial charge in [-0.05, 0) is 12.1 Å². The van der Waals surface area contributed by atoms with Crippen LogP contribution in [0.3, 0.4) is 0 Å². The molecule has 2 aromatic heterocycles. The predicted molar refractivity (Wildman–Crippen MR) is 87.5 cm³/mol. The first-order valence-electron chi connectivity index (χ1n) is 7.73. The summed E-state index contributed by atoms with van der Waals surface area (Å²) in [4.78, 5) is 22.2. The summed E-state index contributed by atoms with van der Waals surface area (Å²) in [7, 11) is 1.84. The Balaban J connectivity index is 1.35. The molecule has 2 saturated heterocycles. The number of imidazole rings is 1. The maximum absolute atomic E-state index is 13.6. The number of carbonyl (C=O) groups excluding carboxylic acids is 1. The number of rotatable bonds is 3. The van der Waals surface area contributed by atoms with Crippen LogP contribution in [-0.2, 0) is 7.05 Å². The number of carbonyl (C=O) groups is 1. The molecule has 1 atom stereocenters. The zero-order chi connectivity index (χ0) is 16.7. The Morgan fingerprint density at radius 3 is 3.00 bits per heavy atom. The topological polar surface area (TPSA) is 60.2 Å². The van der Waals surface area contributed by atoms with Crippen molar-refractivity contribution in [3.63, 3.8) is 0 Å². The summed E-state index contributed by atoms with van der Waals surface area (Å²) in [6.07, 6.45) is 5.59. The van der Waals surface area contributed by atoms with Crippen molar-refractivity contribution in [1.29, 1.82) is 0 Å². The van der Waals surface area contributed by atoms with Crippen LogP contribution < -0.4 is 4.74 Å². The molecule has 0 unspecified atom stereocenters. The van der Waals surface area contributed by atoms with Crippen molar-refractivity contribution < 1.29 is 13.9 Å². The van der Waals surface area contributed by atoms with Crippen molar-refractivity contribution in [2.45, 2.75) is 17.3 Å². The van der Waals surface area contributed by atoms with Gasteiger partial charge in [0.15, 0.2) is 5.82 Å². The first-order chi connectivity index (χ1) is 11.5. The van der Waals surface area contributed by atoms with Gasteiger partial charge in [0, 0.05) is 44.7 Å². The fourth-order valence-electron chi connectivity index (χ4n) is 3.19. The number of halogens is 1. The zero-order valence-corrected chi connectivity index (χ0v) is 14.0. The standard InChI is InChI=1S/C16H17FN4O2S/c1-20-6-13(19-10-20)15(22)21-8-16(9-21)5-11(7-24-16)23-14-12(17)3-2-4-18-14/h2-4,6,10-11H,5,7-9H2,1H3/t11-/m1/s1. The summed E-state index contributed by atoms with van der Waals surface area (Å²) in [5.41, 5.74) is 0.471. The summed E-state index contributed by atoms with van der Waals surface area (Å²) in [6, 6.07) is 2.89. The minimum atomic E-state index is -0.441. The van der Waals surface area contributed by atoms with Gasteiger partial charge in [0.25, 0.3) is 11.8 Å². The van der Waals surface area contributed by atoms with Crippen molar-refractivity contribution >= 4 is 17.7 Å². The van der Waals surface area contributed by atoms with Crippen LogP contribution in [0.2, 0.25) is 0 Å². The first kappa shape index (κ1) is 15.4. The minimum absolute atomic E-state index is 0.0142. The normalized spacial score (nSPS) is 21.8. The maximum Gasteiger partial charge on any atom is 0.274 e. The van der Waals surface area contributed by atoms with E-state index in [0.29, 0.717) is 18.8 Å². The number of aromatic nitrogens is 3. The number of likely N-dealkylation sites (tertiary alicyclic amines) is 1. The van der Waals surface area contributed by atoms with Crippen molar-refractivity contribution in [2.75, 3.05) is 18.8 Å². The number of hydrogen-bond acceptors (Lipinski definition) is 5. The molecule has 0 aromatic carbocycles. The highest BCUT2D eigenvalue weighted by Gasteiger charge is 2.51. The van der Waals surface area contributed by atoms with E-state index in [-0.39, 0.29) is 22.6 Å². The fourth-order valence-corrected chi connectivity index (χ4v) is 4.72. The van der Waals surface area contributed by atoms with E-state index in [9.17, 15) is 9.18 Å². The Bertz CT molecular complexity index is 775. The number of aryl methyl sites for hydroxylation is 1. The number of ether oxygens (including phenoxy) is 1. The number of amides is 1. The quantitative estimate of drug-likeness (QED) is 0.845. The van der Waals surface area contributed by atoms with Crippen LogP contribution in [0, 0.1) is 5.82 Å². The largest absolute Gasteiger partial charge is 0.471 e. The average molecular weight is 348 g/mol. The van der Waals surface area contributed by atoms with E-state index < -0.39 is 5.82 Å². The molecule has 2 fully saturated rings. The number of pyridine rings is 1. The average Bonchev–Trinajstić information content (AvgIpc) is 3.14. The second-order valence-corrected chi connectivity index (χ2v) is 7.80. The van der Waals surface area contributed by atoms with Gasteiger partial charge in [0.1, 0.15) is 11.8 Å². The van der Waals surface area contributed by atoms with E-state index in [0.717, 1.165) is 12.2 Å². The molecule has 0 radical (unpaired) electrons. The highest BCUT2D eigenvalue weighted by molar-refractivity contribution is 8.01. The summed E-state index contributed by atoms with van der Waals surface area (Å²) in [5.74, 6) is 0.355. The Kier molecular flexibility index (Phi) is 3.71. The third kappa shape index (κ3) is 2.75. The van der Waals surface area contributed by atoms with E-state index in [4.69, 9.17) is 4.74 Å². The van der Waals surface area contributed by atoms with Crippen molar-refractivity contribution in [3.8, 4) is 5.88 Å². The summed E-state index contributed by atoms with van der Waals surface area (Å²) in [5, 5.41) is 0. The molecule has 8 heteroatoms. The van der Waals surface area contributed by atoms with Gasteiger partial charge in [-0.2, -0.15) is 0 Å². The highest BCUT2D eigenvalue weighted by atomic mass is 32.2. The van der Waals surface area contributed by atoms with Gasteiger partial charge in [-0.15, -0.1) is 11.8 Å². The van der Waals surface area contributed by atoms with Gasteiger partial charge in [-0.1, -0.05) is 0 Å². The van der Waals surface area contributed by atoms with Crippen LogP contribution in [0.4, 0.5) is 4.39 Å². The van der Waals surface area contributed by atoms with E-state index in [1.165, 1.54) is 12.3 Å². The van der Waals surface area contributed by atoms with E-state index in [1.807, 2.05) is 7.05 Å². The van der Waals surface area contributed by atoms with Crippen molar-refractivity contribution in [3.05, 3.63) is 42.4 Å². The van der Waals surface area contributed by atoms with E-state index in [1.54, 1.807) is 39.8 Å². The molecule has 0 saturated carbocycles. The van der Waals surface area contributed by atoms with Gasteiger partial charge < -0.3 is 14.2 Å². The molecule has 0 bridgehead atoms. The fraction of sp³-hybridized carbons (Fsp3) is 0.438. The molecule has 126 valence electrons. The van der Waals surface area contributed by atoms with Crippen LogP contribution in [-0.4, -0.2) is 55.0 Å². The second kappa shape index (κ2) is 5.77. The van der Waals surface area contributed by atoms with Gasteiger partial charge in [-0.25, -0.2) is 14.4 Å². The van der Waals surface area contributed by atoms with Crippen molar-refractivity contribution in [2.24, 2.45) is 7.05 Å². The lowest BCUT2D eigenvalue weighted by Gasteiger charge is -2.47. The van der Waals surface area contributed by atoms with Crippen LogP contribution in [0.15, 0.2) is 30.9 Å². The van der Waals surface area contributed by atoms with Gasteiger partial charge in [0.05, 0.1) is 11.1 Å². The predicted octanol–water partition coefficient (Wildman–Crippen LogP) is 1.73. The van der Waals surface area contributed by atoms with E-state index >= 15 is 0 Å². The lowest BCUT2D eigenvalue weighted by molar-refractivity contribution is 0.0508. The van der Waals surface area contributed by atoms with Gasteiger partial charge >= 0.3 is 0 Å². The Morgan fingerprint density at radius 1 is 1.46 bits per heavy atom. The molecule has 2 aliphatic heterocycles. The zero-order valence-electron chi connectivity index (χ0n) is 13.2. The molecule has 4 rings (SSSR count). The highest BCUT2D eigenvalue weighted by Crippen LogP contribution is 2.46. The van der Waals surface area contributed by atoms with Gasteiger partial charge in [-0.3, -0.25) is 4.79 Å². The number of thioether (sulfide) groups is 1. The number of nitrogens with zero attached hydrogens (tertiary/aromatic N) is 4. The second-order valence-electron chi connectivity index (χ2n) is 6.31. The monoisotopic (exact) mass is 348 g/mol. The SMILES string of the molecule is Cn1cnc(C(=O)N2CC3(C[C@@H](Oc4ncccc4F)CS3)C2)c1. The first-order valence-corrected chi connectivity index (χ1v) is 8.72.